The minimum Gasteiger partial charge on any atom is -0.368 e. The second-order valence-corrected chi connectivity index (χ2v) is 9.44. The molecule has 2 fully saturated rings. The van der Waals surface area contributed by atoms with Crippen LogP contribution in [0.15, 0.2) is 35.3 Å². The Balaban J connectivity index is 1.32. The summed E-state index contributed by atoms with van der Waals surface area (Å²) in [6, 6.07) is 6.34. The van der Waals surface area contributed by atoms with Crippen LogP contribution in [0.5, 0.6) is 0 Å². The number of carbonyl (C=O) groups excluding carboxylic acids is 1. The summed E-state index contributed by atoms with van der Waals surface area (Å²) in [5, 5.41) is 5.27. The van der Waals surface area contributed by atoms with Crippen molar-refractivity contribution >= 4 is 33.0 Å². The minimum absolute atomic E-state index is 0.0431. The van der Waals surface area contributed by atoms with E-state index in [1.807, 2.05) is 0 Å². The molecule has 4 heterocycles. The molecule has 0 unspecified atom stereocenters. The summed E-state index contributed by atoms with van der Waals surface area (Å²) in [6.07, 6.45) is 3.69. The lowest BCUT2D eigenvalue weighted by atomic mass is 10.0. The second kappa shape index (κ2) is 8.50. The van der Waals surface area contributed by atoms with E-state index in [0.717, 1.165) is 30.3 Å². The first-order valence-electron chi connectivity index (χ1n) is 10.9. The Morgan fingerprint density at radius 3 is 2.56 bits per heavy atom. The third-order valence-electron chi connectivity index (χ3n) is 6.19. The van der Waals surface area contributed by atoms with Crippen molar-refractivity contribution in [2.45, 2.75) is 19.8 Å². The molecule has 0 spiro atoms. The van der Waals surface area contributed by atoms with Gasteiger partial charge in [-0.3, -0.25) is 9.59 Å². The van der Waals surface area contributed by atoms with Crippen LogP contribution in [-0.4, -0.2) is 64.7 Å². The predicted octanol–water partition coefficient (Wildman–Crippen LogP) is 2.49. The third-order valence-corrected chi connectivity index (χ3v) is 7.18. The van der Waals surface area contributed by atoms with Gasteiger partial charge in [0.2, 0.25) is 10.1 Å². The van der Waals surface area contributed by atoms with Gasteiger partial charge in [0, 0.05) is 51.2 Å². The number of benzene rings is 1. The van der Waals surface area contributed by atoms with E-state index in [1.165, 1.54) is 40.6 Å². The summed E-state index contributed by atoms with van der Waals surface area (Å²) < 4.78 is 14.4. The number of halogens is 1. The van der Waals surface area contributed by atoms with Crippen LogP contribution in [0.4, 0.5) is 15.2 Å². The van der Waals surface area contributed by atoms with Crippen molar-refractivity contribution in [1.29, 1.82) is 0 Å². The topological polar surface area (TPSA) is 74.1 Å². The van der Waals surface area contributed by atoms with Crippen LogP contribution in [0, 0.1) is 11.7 Å². The fraction of sp³-hybridized carbons (Fsp3) is 0.455. The highest BCUT2D eigenvalue weighted by molar-refractivity contribution is 7.20. The van der Waals surface area contributed by atoms with E-state index in [2.05, 4.69) is 26.8 Å². The summed E-state index contributed by atoms with van der Waals surface area (Å²) in [5.74, 6) is -0.00566. The Hall–Kier alpha value is -3.01. The molecular formula is C22H25FN6O2S. The molecule has 0 radical (unpaired) electrons. The number of hydrogen-bond donors (Lipinski definition) is 0. The molecule has 10 heteroatoms. The van der Waals surface area contributed by atoms with Gasteiger partial charge in [0.25, 0.3) is 11.5 Å². The molecule has 168 valence electrons. The highest BCUT2D eigenvalue weighted by Crippen LogP contribution is 2.26. The minimum atomic E-state index is -0.423. The van der Waals surface area contributed by atoms with Crippen LogP contribution >= 0.6 is 11.3 Å². The van der Waals surface area contributed by atoms with Gasteiger partial charge in [0.05, 0.1) is 0 Å². The quantitative estimate of drug-likeness (QED) is 0.603. The fourth-order valence-electron chi connectivity index (χ4n) is 4.40. The molecule has 0 aliphatic carbocycles. The first kappa shape index (κ1) is 20.9. The van der Waals surface area contributed by atoms with E-state index < -0.39 is 5.56 Å². The highest BCUT2D eigenvalue weighted by Gasteiger charge is 2.26. The van der Waals surface area contributed by atoms with Gasteiger partial charge < -0.3 is 14.7 Å². The Labute approximate surface area is 188 Å². The van der Waals surface area contributed by atoms with Gasteiger partial charge in [0.15, 0.2) is 0 Å². The largest absolute Gasteiger partial charge is 0.368 e. The van der Waals surface area contributed by atoms with E-state index in [4.69, 9.17) is 0 Å². The number of carbonyl (C=O) groups is 1. The predicted molar refractivity (Wildman–Crippen MR) is 122 cm³/mol. The molecule has 0 bridgehead atoms. The van der Waals surface area contributed by atoms with Crippen molar-refractivity contribution in [3.8, 4) is 0 Å². The average Bonchev–Trinajstić information content (AvgIpc) is 3.25. The Morgan fingerprint density at radius 2 is 1.84 bits per heavy atom. The van der Waals surface area contributed by atoms with Crippen molar-refractivity contribution in [2.75, 3.05) is 49.1 Å². The van der Waals surface area contributed by atoms with Crippen LogP contribution in [0.2, 0.25) is 0 Å². The summed E-state index contributed by atoms with van der Waals surface area (Å²) in [7, 11) is 0. The number of rotatable bonds is 3. The Bertz CT molecular complexity index is 1190. The molecule has 2 aromatic heterocycles. The first-order valence-corrected chi connectivity index (χ1v) is 11.7. The fourth-order valence-corrected chi connectivity index (χ4v) is 5.30. The summed E-state index contributed by atoms with van der Waals surface area (Å²) in [6.45, 7) is 6.24. The standard InChI is InChI=1S/C22H25FN6O2S/c1-15-3-2-8-28(14-15)22-25-29-20(31)18(13-24-21(29)32-22)19(30)27-11-9-26(10-12-27)17-6-4-16(23)5-7-17/h4-7,13,15H,2-3,8-12,14H2,1H3/t15-/m0/s1. The summed E-state index contributed by atoms with van der Waals surface area (Å²) >= 11 is 1.38. The number of piperidine rings is 1. The average molecular weight is 457 g/mol. The molecule has 1 atom stereocenters. The van der Waals surface area contributed by atoms with Crippen molar-refractivity contribution < 1.29 is 9.18 Å². The molecule has 2 aliphatic heterocycles. The maximum absolute atomic E-state index is 13.2. The van der Waals surface area contributed by atoms with E-state index in [-0.39, 0.29) is 17.3 Å². The first-order chi connectivity index (χ1) is 15.5. The van der Waals surface area contributed by atoms with Gasteiger partial charge >= 0.3 is 0 Å². The number of piperazine rings is 1. The lowest BCUT2D eigenvalue weighted by Gasteiger charge is -2.36. The lowest BCUT2D eigenvalue weighted by molar-refractivity contribution is 0.0744. The zero-order chi connectivity index (χ0) is 22.2. The smallest absolute Gasteiger partial charge is 0.288 e. The molecule has 8 nitrogen and oxygen atoms in total. The third kappa shape index (κ3) is 3.94. The van der Waals surface area contributed by atoms with E-state index >= 15 is 0 Å². The van der Waals surface area contributed by atoms with Crippen LogP contribution in [0.1, 0.15) is 30.1 Å². The molecule has 3 aromatic rings. The van der Waals surface area contributed by atoms with E-state index in [9.17, 15) is 14.0 Å². The lowest BCUT2D eigenvalue weighted by Crippen LogP contribution is -2.49. The van der Waals surface area contributed by atoms with Crippen LogP contribution < -0.4 is 15.4 Å². The summed E-state index contributed by atoms with van der Waals surface area (Å²) in [4.78, 5) is 37.0. The van der Waals surface area contributed by atoms with Gasteiger partial charge in [-0.15, -0.1) is 5.10 Å². The maximum Gasteiger partial charge on any atom is 0.288 e. The van der Waals surface area contributed by atoms with Crippen molar-refractivity contribution in [2.24, 2.45) is 5.92 Å². The Kier molecular flexibility index (Phi) is 5.54. The number of fused-ring (bicyclic) bond motifs is 1. The SMILES string of the molecule is C[C@H]1CCCN(c2nn3c(=O)c(C(=O)N4CCN(c5ccc(F)cc5)CC4)cnc3s2)C1. The molecule has 0 N–H and O–H groups in total. The maximum atomic E-state index is 13.2. The molecule has 1 aromatic carbocycles. The van der Waals surface area contributed by atoms with Gasteiger partial charge in [-0.05, 0) is 43.0 Å². The molecular weight excluding hydrogens is 431 g/mol. The monoisotopic (exact) mass is 456 g/mol. The van der Waals surface area contributed by atoms with E-state index in [0.29, 0.717) is 37.1 Å². The van der Waals surface area contributed by atoms with Crippen LogP contribution in [0.3, 0.4) is 0 Å². The van der Waals surface area contributed by atoms with Crippen molar-refractivity contribution in [3.63, 3.8) is 0 Å². The molecule has 2 saturated heterocycles. The molecule has 2 aliphatic rings. The highest BCUT2D eigenvalue weighted by atomic mass is 32.1. The van der Waals surface area contributed by atoms with Crippen LogP contribution in [0.25, 0.3) is 4.96 Å². The number of aromatic nitrogens is 3. The molecule has 0 saturated carbocycles. The van der Waals surface area contributed by atoms with Gasteiger partial charge in [-0.2, -0.15) is 4.52 Å². The van der Waals surface area contributed by atoms with Crippen molar-refractivity contribution in [3.05, 3.63) is 52.2 Å². The normalized spacial score (nSPS) is 19.6. The molecule has 32 heavy (non-hydrogen) atoms. The number of anilines is 2. The van der Waals surface area contributed by atoms with Crippen LogP contribution in [-0.2, 0) is 0 Å². The van der Waals surface area contributed by atoms with Gasteiger partial charge in [0.1, 0.15) is 11.4 Å². The number of amides is 1. The molecule has 1 amide bonds. The number of nitrogens with zero attached hydrogens (tertiary/aromatic N) is 6. The molecule has 5 rings (SSSR count). The number of hydrogen-bond acceptors (Lipinski definition) is 7. The van der Waals surface area contributed by atoms with Gasteiger partial charge in [-0.25, -0.2) is 9.37 Å². The second-order valence-electron chi connectivity index (χ2n) is 8.51. The zero-order valence-corrected chi connectivity index (χ0v) is 18.7. The van der Waals surface area contributed by atoms with Gasteiger partial charge in [-0.1, -0.05) is 18.3 Å². The zero-order valence-electron chi connectivity index (χ0n) is 17.9. The Morgan fingerprint density at radius 1 is 1.09 bits per heavy atom. The van der Waals surface area contributed by atoms with E-state index in [1.54, 1.807) is 17.0 Å². The van der Waals surface area contributed by atoms with Crippen molar-refractivity contribution in [1.82, 2.24) is 19.5 Å². The summed E-state index contributed by atoms with van der Waals surface area (Å²) in [5.41, 5.74) is 0.541.